The summed E-state index contributed by atoms with van der Waals surface area (Å²) in [5.74, 6) is 1.74. The number of carbonyl (C=O) groups excluding carboxylic acids is 2. The van der Waals surface area contributed by atoms with Crippen LogP contribution in [0.2, 0.25) is 0 Å². The lowest BCUT2D eigenvalue weighted by molar-refractivity contribution is 0.0374. The summed E-state index contributed by atoms with van der Waals surface area (Å²) in [6.07, 6.45) is 0.0453. The Balaban J connectivity index is 1.49. The number of fused-ring (bicyclic) bond motifs is 4. The summed E-state index contributed by atoms with van der Waals surface area (Å²) in [7, 11) is 0. The molecule has 172 valence electrons. The van der Waals surface area contributed by atoms with Crippen LogP contribution in [0.1, 0.15) is 45.7 Å². The lowest BCUT2D eigenvalue weighted by atomic mass is 9.89. The maximum Gasteiger partial charge on any atom is 0.256 e. The van der Waals surface area contributed by atoms with Gasteiger partial charge < -0.3 is 24.0 Å². The first kappa shape index (κ1) is 20.6. The first-order chi connectivity index (χ1) is 16.5. The van der Waals surface area contributed by atoms with Crippen LogP contribution in [0.4, 0.5) is 0 Å². The Kier molecular flexibility index (Phi) is 4.55. The Morgan fingerprint density at radius 2 is 1.74 bits per heavy atom. The van der Waals surface area contributed by atoms with Crippen molar-refractivity contribution < 1.29 is 23.8 Å². The van der Waals surface area contributed by atoms with Crippen molar-refractivity contribution in [2.24, 2.45) is 0 Å². The van der Waals surface area contributed by atoms with E-state index in [2.05, 4.69) is 0 Å². The van der Waals surface area contributed by atoms with Crippen molar-refractivity contribution in [3.63, 3.8) is 0 Å². The molecule has 3 aliphatic rings. The van der Waals surface area contributed by atoms with Gasteiger partial charge in [0.2, 0.25) is 6.79 Å². The van der Waals surface area contributed by atoms with Crippen LogP contribution in [0, 0.1) is 0 Å². The lowest BCUT2D eigenvalue weighted by Crippen LogP contribution is -2.51. The molecule has 7 nitrogen and oxygen atoms in total. The Morgan fingerprint density at radius 3 is 2.53 bits per heavy atom. The largest absolute Gasteiger partial charge is 0.491 e. The van der Waals surface area contributed by atoms with Gasteiger partial charge in [-0.25, -0.2) is 0 Å². The Morgan fingerprint density at radius 1 is 0.971 bits per heavy atom. The van der Waals surface area contributed by atoms with E-state index in [1.165, 1.54) is 0 Å². The highest BCUT2D eigenvalue weighted by molar-refractivity contribution is 6.03. The zero-order chi connectivity index (χ0) is 23.4. The van der Waals surface area contributed by atoms with Crippen LogP contribution in [0.5, 0.6) is 17.2 Å². The second kappa shape index (κ2) is 7.52. The summed E-state index contributed by atoms with van der Waals surface area (Å²) in [4.78, 5) is 31.0. The van der Waals surface area contributed by atoms with Gasteiger partial charge in [0.05, 0.1) is 6.10 Å². The molecule has 1 saturated heterocycles. The minimum Gasteiger partial charge on any atom is -0.491 e. The molecular weight excluding hydrogens is 432 g/mol. The fourth-order valence-corrected chi connectivity index (χ4v) is 5.26. The topological polar surface area (TPSA) is 68.3 Å². The van der Waals surface area contributed by atoms with Crippen molar-refractivity contribution >= 4 is 11.8 Å². The number of carbonyl (C=O) groups is 2. The van der Waals surface area contributed by atoms with Gasteiger partial charge in [-0.15, -0.1) is 0 Å². The molecule has 0 aliphatic carbocycles. The van der Waals surface area contributed by atoms with E-state index in [1.54, 1.807) is 21.9 Å². The molecule has 0 radical (unpaired) electrons. The van der Waals surface area contributed by atoms with E-state index in [-0.39, 0.29) is 24.7 Å². The van der Waals surface area contributed by atoms with Crippen molar-refractivity contribution in [3.05, 3.63) is 89.0 Å². The fraction of sp³-hybridized carbons (Fsp3) is 0.259. The van der Waals surface area contributed by atoms with Crippen LogP contribution >= 0.6 is 0 Å². The number of nitrogens with zero attached hydrogens (tertiary/aromatic N) is 2. The van der Waals surface area contributed by atoms with E-state index < -0.39 is 5.66 Å². The van der Waals surface area contributed by atoms with Crippen LogP contribution in [0.3, 0.4) is 0 Å². The molecule has 6 rings (SSSR count). The molecule has 0 N–H and O–H groups in total. The maximum absolute atomic E-state index is 13.9. The van der Waals surface area contributed by atoms with Crippen LogP contribution in [-0.4, -0.2) is 47.6 Å². The quantitative estimate of drug-likeness (QED) is 0.593. The Labute approximate surface area is 197 Å². The van der Waals surface area contributed by atoms with E-state index in [0.29, 0.717) is 41.5 Å². The third-order valence-corrected chi connectivity index (χ3v) is 6.60. The molecule has 3 aromatic carbocycles. The van der Waals surface area contributed by atoms with Crippen molar-refractivity contribution in [2.75, 3.05) is 19.9 Å². The van der Waals surface area contributed by atoms with Gasteiger partial charge >= 0.3 is 0 Å². The predicted molar refractivity (Wildman–Crippen MR) is 124 cm³/mol. The molecule has 0 bridgehead atoms. The van der Waals surface area contributed by atoms with Crippen LogP contribution < -0.4 is 14.2 Å². The van der Waals surface area contributed by atoms with Gasteiger partial charge in [-0.3, -0.25) is 9.59 Å². The van der Waals surface area contributed by atoms with Crippen LogP contribution in [-0.2, 0) is 5.66 Å². The highest BCUT2D eigenvalue weighted by atomic mass is 16.7. The van der Waals surface area contributed by atoms with Gasteiger partial charge in [0.15, 0.2) is 17.2 Å². The van der Waals surface area contributed by atoms with Gasteiger partial charge in [0.1, 0.15) is 5.75 Å². The van der Waals surface area contributed by atoms with Crippen molar-refractivity contribution in [1.82, 2.24) is 9.80 Å². The number of hydrogen-bond acceptors (Lipinski definition) is 5. The lowest BCUT2D eigenvalue weighted by Gasteiger charge is -2.40. The van der Waals surface area contributed by atoms with Gasteiger partial charge in [0.25, 0.3) is 11.8 Å². The summed E-state index contributed by atoms with van der Waals surface area (Å²) in [6, 6.07) is 20.3. The maximum atomic E-state index is 13.9. The average Bonchev–Trinajstić information content (AvgIpc) is 3.53. The first-order valence-corrected chi connectivity index (χ1v) is 11.4. The summed E-state index contributed by atoms with van der Waals surface area (Å²) in [6.45, 7) is 4.92. The van der Waals surface area contributed by atoms with E-state index >= 15 is 0 Å². The number of benzene rings is 3. The first-order valence-electron chi connectivity index (χ1n) is 11.4. The number of rotatable bonds is 4. The smallest absolute Gasteiger partial charge is 0.256 e. The van der Waals surface area contributed by atoms with E-state index in [9.17, 15) is 9.59 Å². The zero-order valence-electron chi connectivity index (χ0n) is 19.0. The highest BCUT2D eigenvalue weighted by Gasteiger charge is 2.59. The van der Waals surface area contributed by atoms with Gasteiger partial charge in [0, 0.05) is 35.3 Å². The Bertz CT molecular complexity index is 1300. The third kappa shape index (κ3) is 2.83. The molecule has 1 atom stereocenters. The summed E-state index contributed by atoms with van der Waals surface area (Å²) >= 11 is 0. The molecule has 7 heteroatoms. The summed E-state index contributed by atoms with van der Waals surface area (Å²) in [5.41, 5.74) is 1.68. The predicted octanol–water partition coefficient (Wildman–Crippen LogP) is 4.02. The average molecular weight is 456 g/mol. The third-order valence-electron chi connectivity index (χ3n) is 6.60. The molecule has 1 unspecified atom stereocenters. The number of ether oxygens (including phenoxy) is 3. The molecule has 0 spiro atoms. The molecule has 3 aliphatic heterocycles. The van der Waals surface area contributed by atoms with E-state index in [4.69, 9.17) is 14.2 Å². The second-order valence-electron chi connectivity index (χ2n) is 8.89. The van der Waals surface area contributed by atoms with Crippen LogP contribution in [0.25, 0.3) is 0 Å². The van der Waals surface area contributed by atoms with Crippen molar-refractivity contribution in [1.29, 1.82) is 0 Å². The second-order valence-corrected chi connectivity index (χ2v) is 8.89. The summed E-state index contributed by atoms with van der Waals surface area (Å²) < 4.78 is 16.9. The monoisotopic (exact) mass is 456 g/mol. The fourth-order valence-electron chi connectivity index (χ4n) is 5.26. The molecule has 0 aromatic heterocycles. The standard InChI is InChI=1S/C27H24N2O5/c1-17(2)34-20-10-7-18(8-11-20)25(30)28-13-14-29-26(31)21-5-3-4-6-22(21)27(28,29)19-9-12-23-24(15-19)33-16-32-23/h3-12,15,17H,13-14,16H2,1-2H3. The van der Waals surface area contributed by atoms with Crippen molar-refractivity contribution in [3.8, 4) is 17.2 Å². The van der Waals surface area contributed by atoms with Gasteiger partial charge in [-0.2, -0.15) is 0 Å². The number of hydrogen-bond donors (Lipinski definition) is 0. The van der Waals surface area contributed by atoms with E-state index in [1.807, 2.05) is 68.4 Å². The molecule has 0 saturated carbocycles. The number of amides is 2. The summed E-state index contributed by atoms with van der Waals surface area (Å²) in [5, 5.41) is 0. The van der Waals surface area contributed by atoms with Crippen molar-refractivity contribution in [2.45, 2.75) is 25.6 Å². The van der Waals surface area contributed by atoms with Gasteiger partial charge in [-0.05, 0) is 56.3 Å². The zero-order valence-corrected chi connectivity index (χ0v) is 19.0. The minimum absolute atomic E-state index is 0.0453. The van der Waals surface area contributed by atoms with Crippen LogP contribution in [0.15, 0.2) is 66.7 Å². The molecule has 3 aromatic rings. The Hall–Kier alpha value is -4.00. The molecule has 2 amide bonds. The molecule has 3 heterocycles. The molecular formula is C27H24N2O5. The normalized spacial score (nSPS) is 20.0. The van der Waals surface area contributed by atoms with E-state index in [0.717, 1.165) is 11.1 Å². The molecule has 34 heavy (non-hydrogen) atoms. The SMILES string of the molecule is CC(C)Oc1ccc(C(=O)N2CCN3C(=O)c4ccccc4C23c2ccc3c(c2)OCO3)cc1. The van der Waals surface area contributed by atoms with Gasteiger partial charge in [-0.1, -0.05) is 24.3 Å². The highest BCUT2D eigenvalue weighted by Crippen LogP contribution is 2.51. The molecule has 1 fully saturated rings. The minimum atomic E-state index is -1.06.